The summed E-state index contributed by atoms with van der Waals surface area (Å²) >= 11 is 0. The first-order valence-electron chi connectivity index (χ1n) is 9.23. The molecule has 0 saturated heterocycles. The van der Waals surface area contributed by atoms with E-state index in [1.807, 2.05) is 6.92 Å². The van der Waals surface area contributed by atoms with Crippen molar-refractivity contribution in [3.05, 3.63) is 12.2 Å². The van der Waals surface area contributed by atoms with Gasteiger partial charge in [-0.25, -0.2) is 0 Å². The molecule has 0 amide bonds. The molecule has 0 aliphatic heterocycles. The molecule has 0 aromatic heterocycles. The molecule has 3 unspecified atom stereocenters. The summed E-state index contributed by atoms with van der Waals surface area (Å²) in [4.78, 5) is 12.8. The number of carbonyl (C=O) groups excluding carboxylic acids is 1. The second-order valence-corrected chi connectivity index (χ2v) is 10.4. The van der Waals surface area contributed by atoms with Crippen molar-refractivity contribution in [3.63, 3.8) is 0 Å². The highest BCUT2D eigenvalue weighted by atomic mass is 32.2. The smallest absolute Gasteiger partial charge is 0.426 e. The Morgan fingerprint density at radius 3 is 2.29 bits per heavy atom. The monoisotopic (exact) mass is 426 g/mol. The zero-order valence-corrected chi connectivity index (χ0v) is 16.4. The SMILES string of the molecule is C=C(C)COC12CC3CC(C1)CC(C(=O)OC(CS(=O)(=O)O)C(F)(F)F)(C3)C2. The highest BCUT2D eigenvalue weighted by Crippen LogP contribution is 2.63. The van der Waals surface area contributed by atoms with E-state index in [1.54, 1.807) is 0 Å². The summed E-state index contributed by atoms with van der Waals surface area (Å²) < 4.78 is 81.0. The van der Waals surface area contributed by atoms with Gasteiger partial charge in [-0.2, -0.15) is 21.6 Å². The number of ether oxygens (including phenoxy) is 2. The number of hydrogen-bond donors (Lipinski definition) is 1. The van der Waals surface area contributed by atoms with Crippen LogP contribution in [0, 0.1) is 17.3 Å². The van der Waals surface area contributed by atoms with Crippen molar-refractivity contribution >= 4 is 16.1 Å². The van der Waals surface area contributed by atoms with Crippen LogP contribution in [0.1, 0.15) is 45.4 Å². The second-order valence-electron chi connectivity index (χ2n) is 8.85. The third-order valence-corrected chi connectivity index (χ3v) is 6.77. The lowest BCUT2D eigenvalue weighted by molar-refractivity contribution is -0.237. The van der Waals surface area contributed by atoms with Crippen molar-refractivity contribution < 1.29 is 40.4 Å². The third-order valence-electron chi connectivity index (χ3n) is 6.04. The Morgan fingerprint density at radius 1 is 1.25 bits per heavy atom. The Labute approximate surface area is 162 Å². The van der Waals surface area contributed by atoms with E-state index in [-0.39, 0.29) is 18.3 Å². The topological polar surface area (TPSA) is 89.9 Å². The molecule has 4 aliphatic carbocycles. The van der Waals surface area contributed by atoms with Crippen molar-refractivity contribution in [1.29, 1.82) is 0 Å². The molecule has 0 heterocycles. The molecule has 3 atom stereocenters. The molecule has 4 saturated carbocycles. The summed E-state index contributed by atoms with van der Waals surface area (Å²) in [6.45, 7) is 5.93. The Morgan fingerprint density at radius 2 is 1.82 bits per heavy atom. The molecule has 6 nitrogen and oxygen atoms in total. The minimum Gasteiger partial charge on any atom is -0.451 e. The van der Waals surface area contributed by atoms with Gasteiger partial charge in [0.05, 0.1) is 17.6 Å². The molecule has 1 N–H and O–H groups in total. The molecule has 0 radical (unpaired) electrons. The van der Waals surface area contributed by atoms with E-state index in [1.165, 1.54) is 0 Å². The van der Waals surface area contributed by atoms with E-state index in [4.69, 9.17) is 9.29 Å². The number of rotatable bonds is 7. The van der Waals surface area contributed by atoms with E-state index < -0.39 is 45.1 Å². The number of hydrogen-bond acceptors (Lipinski definition) is 5. The van der Waals surface area contributed by atoms with Crippen LogP contribution in [0.5, 0.6) is 0 Å². The van der Waals surface area contributed by atoms with Crippen molar-refractivity contribution in [3.8, 4) is 0 Å². The van der Waals surface area contributed by atoms with Crippen LogP contribution in [0.2, 0.25) is 0 Å². The quantitative estimate of drug-likeness (QED) is 0.382. The largest absolute Gasteiger partial charge is 0.451 e. The van der Waals surface area contributed by atoms with Crippen molar-refractivity contribution in [2.75, 3.05) is 12.4 Å². The highest BCUT2D eigenvalue weighted by molar-refractivity contribution is 7.85. The summed E-state index contributed by atoms with van der Waals surface area (Å²) in [6.07, 6.45) is -4.50. The zero-order chi connectivity index (χ0) is 21.0. The minimum atomic E-state index is -5.10. The van der Waals surface area contributed by atoms with Crippen molar-refractivity contribution in [2.24, 2.45) is 17.3 Å². The molecule has 160 valence electrons. The first kappa shape index (κ1) is 21.6. The Kier molecular flexibility index (Phi) is 5.38. The molecule has 4 rings (SSSR count). The number of carbonyl (C=O) groups is 1. The van der Waals surface area contributed by atoms with Gasteiger partial charge in [0.15, 0.2) is 0 Å². The predicted octanol–water partition coefficient (Wildman–Crippen LogP) is 3.28. The average molecular weight is 426 g/mol. The maximum Gasteiger partial charge on any atom is 0.426 e. The molecule has 4 fully saturated rings. The maximum absolute atomic E-state index is 13.2. The zero-order valence-electron chi connectivity index (χ0n) is 15.6. The first-order valence-corrected chi connectivity index (χ1v) is 10.8. The van der Waals surface area contributed by atoms with E-state index in [9.17, 15) is 26.4 Å². The van der Waals surface area contributed by atoms with Crippen LogP contribution in [0.3, 0.4) is 0 Å². The molecule has 0 aromatic rings. The standard InChI is InChI=1S/C18H25F3O6S/c1-11(2)8-26-17-6-12-3-13(7-17)5-16(4-12,10-17)15(22)27-14(18(19,20)21)9-28(23,24)25/h12-14H,1,3-10H2,2H3,(H,23,24,25). The minimum absolute atomic E-state index is 0.157. The van der Waals surface area contributed by atoms with Gasteiger partial charge in [-0.15, -0.1) is 0 Å². The summed E-state index contributed by atoms with van der Waals surface area (Å²) in [7, 11) is -4.97. The molecular formula is C18H25F3O6S. The lowest BCUT2D eigenvalue weighted by atomic mass is 9.48. The van der Waals surface area contributed by atoms with Crippen LogP contribution in [0.25, 0.3) is 0 Å². The summed E-state index contributed by atoms with van der Waals surface area (Å²) in [5, 5.41) is 0. The highest BCUT2D eigenvalue weighted by Gasteiger charge is 2.63. The number of halogens is 3. The first-order chi connectivity index (χ1) is 12.7. The van der Waals surface area contributed by atoms with Gasteiger partial charge in [0.2, 0.25) is 6.10 Å². The van der Waals surface area contributed by atoms with Gasteiger partial charge in [0.1, 0.15) is 5.75 Å². The lowest BCUT2D eigenvalue weighted by Crippen LogP contribution is -2.60. The van der Waals surface area contributed by atoms with Crippen LogP contribution in [0.4, 0.5) is 13.2 Å². The van der Waals surface area contributed by atoms with Gasteiger partial charge < -0.3 is 9.47 Å². The number of esters is 1. The van der Waals surface area contributed by atoms with Crippen LogP contribution in [-0.4, -0.2) is 49.2 Å². The molecule has 4 aliphatic rings. The van der Waals surface area contributed by atoms with Crippen LogP contribution >= 0.6 is 0 Å². The molecular weight excluding hydrogens is 401 g/mol. The molecule has 10 heteroatoms. The van der Waals surface area contributed by atoms with E-state index >= 15 is 0 Å². The fourth-order valence-electron chi connectivity index (χ4n) is 5.50. The molecule has 4 bridgehead atoms. The Hall–Kier alpha value is -1.13. The molecule has 0 spiro atoms. The van der Waals surface area contributed by atoms with Crippen LogP contribution in [0.15, 0.2) is 12.2 Å². The van der Waals surface area contributed by atoms with Gasteiger partial charge in [-0.1, -0.05) is 12.2 Å². The van der Waals surface area contributed by atoms with Gasteiger partial charge in [-0.05, 0) is 57.3 Å². The summed E-state index contributed by atoms with van der Waals surface area (Å²) in [6, 6.07) is 0. The van der Waals surface area contributed by atoms with E-state index in [0.29, 0.717) is 19.4 Å². The van der Waals surface area contributed by atoms with Gasteiger partial charge in [0.25, 0.3) is 10.1 Å². The second kappa shape index (κ2) is 6.98. The fourth-order valence-corrected chi connectivity index (χ4v) is 6.14. The van der Waals surface area contributed by atoms with Gasteiger partial charge >= 0.3 is 12.1 Å². The average Bonchev–Trinajstić information content (AvgIpc) is 2.49. The fraction of sp³-hybridized carbons (Fsp3) is 0.833. The predicted molar refractivity (Wildman–Crippen MR) is 93.0 cm³/mol. The van der Waals surface area contributed by atoms with Gasteiger partial charge in [0, 0.05) is 0 Å². The molecule has 28 heavy (non-hydrogen) atoms. The Bertz CT molecular complexity index is 746. The van der Waals surface area contributed by atoms with Crippen molar-refractivity contribution in [2.45, 2.75) is 63.3 Å². The van der Waals surface area contributed by atoms with Crippen molar-refractivity contribution in [1.82, 2.24) is 0 Å². The van der Waals surface area contributed by atoms with Crippen LogP contribution < -0.4 is 0 Å². The van der Waals surface area contributed by atoms with Gasteiger partial charge in [-0.3, -0.25) is 9.35 Å². The maximum atomic E-state index is 13.2. The third kappa shape index (κ3) is 4.54. The Balaban J connectivity index is 1.81. The molecule has 0 aromatic carbocycles. The summed E-state index contributed by atoms with van der Waals surface area (Å²) in [5.41, 5.74) is -0.876. The van der Waals surface area contributed by atoms with E-state index in [2.05, 4.69) is 11.3 Å². The lowest BCUT2D eigenvalue weighted by Gasteiger charge is -2.60. The van der Waals surface area contributed by atoms with Crippen LogP contribution in [-0.2, 0) is 24.4 Å². The van der Waals surface area contributed by atoms with E-state index in [0.717, 1.165) is 24.8 Å². The normalized spacial score (nSPS) is 35.6. The number of alkyl halides is 3. The summed E-state index contributed by atoms with van der Waals surface area (Å²) in [5.74, 6) is -2.44.